The molecule has 1 saturated heterocycles. The molecule has 4 rings (SSSR count). The number of hydrogen-bond donors (Lipinski definition) is 3. The number of hydrogen-bond acceptors (Lipinski definition) is 6. The van der Waals surface area contributed by atoms with Crippen molar-refractivity contribution in [2.24, 2.45) is 11.7 Å². The minimum Gasteiger partial charge on any atom is -0.457 e. The van der Waals surface area contributed by atoms with Gasteiger partial charge in [-0.3, -0.25) is 14.5 Å². The zero-order valence-electron chi connectivity index (χ0n) is 23.4. The molecule has 1 fully saturated rings. The fourth-order valence-corrected chi connectivity index (χ4v) is 4.23. The Morgan fingerprint density at radius 1 is 1.16 bits per heavy atom. The molecule has 1 aromatic heterocycles. The number of nitrogens with two attached hydrogens (primary N) is 1. The lowest BCUT2D eigenvalue weighted by atomic mass is 10.0. The first-order valence-corrected chi connectivity index (χ1v) is 12.9. The molecule has 1 aliphatic rings. The number of carbonyl (C=O) groups excluding carboxylic acids is 1. The van der Waals surface area contributed by atoms with E-state index in [2.05, 4.69) is 29.2 Å². The summed E-state index contributed by atoms with van der Waals surface area (Å²) in [5, 5.41) is 10.5. The molecule has 0 aliphatic carbocycles. The lowest BCUT2D eigenvalue weighted by molar-refractivity contribution is 0.0999. The van der Waals surface area contributed by atoms with E-state index in [1.807, 2.05) is 57.2 Å². The monoisotopic (exact) mass is 523 g/mol. The van der Waals surface area contributed by atoms with Crippen LogP contribution in [0.1, 0.15) is 55.1 Å². The third-order valence-corrected chi connectivity index (χ3v) is 6.06. The molecule has 3 aromatic rings. The fourth-order valence-electron chi connectivity index (χ4n) is 4.23. The molecule has 0 unspecified atom stereocenters. The van der Waals surface area contributed by atoms with Crippen LogP contribution < -0.4 is 15.8 Å². The van der Waals surface area contributed by atoms with Crippen LogP contribution in [0.25, 0.3) is 11.3 Å². The summed E-state index contributed by atoms with van der Waals surface area (Å²) in [6.07, 6.45) is 5.80. The van der Waals surface area contributed by atoms with Gasteiger partial charge in [0, 0.05) is 60.5 Å². The van der Waals surface area contributed by atoms with E-state index in [-0.39, 0.29) is 4.70 Å². The third-order valence-electron chi connectivity index (χ3n) is 6.06. The number of piperidine rings is 1. The van der Waals surface area contributed by atoms with Crippen LogP contribution in [0.15, 0.2) is 54.7 Å². The number of primary amides is 1. The van der Waals surface area contributed by atoms with Gasteiger partial charge in [-0.05, 0) is 75.2 Å². The second kappa shape index (κ2) is 16.1. The number of nitrogens with one attached hydrogen (secondary N) is 2. The molecule has 0 bridgehead atoms. The topological polar surface area (TPSA) is 104 Å². The predicted octanol–water partition coefficient (Wildman–Crippen LogP) is 6.51. The maximum Gasteiger partial charge on any atom is 0.248 e. The first-order chi connectivity index (χ1) is 17.8. The Kier molecular flexibility index (Phi) is 13.7. The van der Waals surface area contributed by atoms with E-state index in [0.717, 1.165) is 34.0 Å². The maximum atomic E-state index is 11.4. The Balaban J connectivity index is 0.000000557. The van der Waals surface area contributed by atoms with Gasteiger partial charge >= 0.3 is 0 Å². The van der Waals surface area contributed by atoms with Gasteiger partial charge in [0.05, 0.1) is 5.69 Å². The molecule has 0 spiro atoms. The summed E-state index contributed by atoms with van der Waals surface area (Å²) in [5.41, 5.74) is 9.86. The highest BCUT2D eigenvalue weighted by Crippen LogP contribution is 2.29. The summed E-state index contributed by atoms with van der Waals surface area (Å²) in [6.45, 7) is 10.8. The number of aromatic nitrogens is 1. The van der Waals surface area contributed by atoms with E-state index in [0.29, 0.717) is 17.1 Å². The van der Waals surface area contributed by atoms with Crippen LogP contribution >= 0.6 is 0 Å². The van der Waals surface area contributed by atoms with Gasteiger partial charge in [0.25, 0.3) is 0 Å². The van der Waals surface area contributed by atoms with Crippen molar-refractivity contribution in [1.82, 2.24) is 9.88 Å². The van der Waals surface area contributed by atoms with Crippen LogP contribution in [0.2, 0.25) is 0 Å². The first-order valence-electron chi connectivity index (χ1n) is 12.9. The van der Waals surface area contributed by atoms with Gasteiger partial charge in [0.2, 0.25) is 5.91 Å². The summed E-state index contributed by atoms with van der Waals surface area (Å²) in [5.74, 6) is 1.79. The summed E-state index contributed by atoms with van der Waals surface area (Å²) < 4.78 is 5.95. The average molecular weight is 524 g/mol. The molecule has 2 heterocycles. The van der Waals surface area contributed by atoms with E-state index >= 15 is 0 Å². The number of benzene rings is 2. The lowest BCUT2D eigenvalue weighted by Gasteiger charge is -2.26. The zero-order valence-corrected chi connectivity index (χ0v) is 23.4. The van der Waals surface area contributed by atoms with Gasteiger partial charge in [-0.25, -0.2) is 0 Å². The highest BCUT2D eigenvalue weighted by atomic mass is 19.0. The van der Waals surface area contributed by atoms with Gasteiger partial charge in [0.15, 0.2) is 0 Å². The lowest BCUT2D eigenvalue weighted by Crippen LogP contribution is -2.30. The van der Waals surface area contributed by atoms with E-state index in [1.54, 1.807) is 25.4 Å². The molecule has 8 heteroatoms. The fraction of sp³-hybridized carbons (Fsp3) is 0.367. The number of nitrogens with zero attached hydrogens (tertiary/aromatic N) is 2. The van der Waals surface area contributed by atoms with Crippen LogP contribution in [0.3, 0.4) is 0 Å². The van der Waals surface area contributed by atoms with Crippen molar-refractivity contribution < 1.29 is 14.2 Å². The summed E-state index contributed by atoms with van der Waals surface area (Å²) in [4.78, 5) is 18.2. The van der Waals surface area contributed by atoms with Crippen LogP contribution in [0.4, 0.5) is 10.4 Å². The molecule has 0 radical (unpaired) electrons. The number of halogens is 1. The summed E-state index contributed by atoms with van der Waals surface area (Å²) in [7, 11) is 4.00. The van der Waals surface area contributed by atoms with Gasteiger partial charge in [-0.1, -0.05) is 26.8 Å². The van der Waals surface area contributed by atoms with Crippen molar-refractivity contribution >= 4 is 17.8 Å². The van der Waals surface area contributed by atoms with Crippen molar-refractivity contribution in [3.63, 3.8) is 0 Å². The minimum absolute atomic E-state index is 0. The maximum absolute atomic E-state index is 11.4. The molecule has 7 nitrogen and oxygen atoms in total. The number of anilines is 1. The Bertz CT molecular complexity index is 1180. The van der Waals surface area contributed by atoms with Gasteiger partial charge < -0.3 is 26.1 Å². The Morgan fingerprint density at radius 2 is 1.87 bits per heavy atom. The van der Waals surface area contributed by atoms with Crippen LogP contribution in [-0.4, -0.2) is 49.2 Å². The van der Waals surface area contributed by atoms with Crippen molar-refractivity contribution in [2.75, 3.05) is 32.5 Å². The second-order valence-corrected chi connectivity index (χ2v) is 9.03. The average Bonchev–Trinajstić information content (AvgIpc) is 2.90. The van der Waals surface area contributed by atoms with Gasteiger partial charge in [-0.2, -0.15) is 0 Å². The van der Waals surface area contributed by atoms with E-state index < -0.39 is 5.91 Å². The Morgan fingerprint density at radius 3 is 2.42 bits per heavy atom. The van der Waals surface area contributed by atoms with Crippen LogP contribution in [0, 0.1) is 18.3 Å². The van der Waals surface area contributed by atoms with Crippen molar-refractivity contribution in [2.45, 2.75) is 40.5 Å². The highest BCUT2D eigenvalue weighted by Gasteiger charge is 2.11. The molecule has 206 valence electrons. The highest BCUT2D eigenvalue weighted by molar-refractivity contribution is 5.94. The standard InChI is InChI=1S/C21H20N4O2.C7H15N.C2H6.FH/c1-13-9-14(4-6-18(13)21(23)26)20-11-17(7-8-25-20)27-16-5-3-15(12-22)19(10-16)24-2;1-7-4-3-5-8(2)6-7;1-2;/h3-12,22,24H,1-2H3,(H2,23,26);7H,3-6H2,1-2H3;1-2H3;1H/t;7-;;/m.0../s1. The quantitative estimate of drug-likeness (QED) is 0.319. The second-order valence-electron chi connectivity index (χ2n) is 9.03. The van der Waals surface area contributed by atoms with Gasteiger partial charge in [-0.15, -0.1) is 0 Å². The van der Waals surface area contributed by atoms with Crippen LogP contribution in [-0.2, 0) is 0 Å². The van der Waals surface area contributed by atoms with Gasteiger partial charge in [0.1, 0.15) is 11.5 Å². The van der Waals surface area contributed by atoms with Crippen molar-refractivity contribution in [3.05, 3.63) is 71.4 Å². The number of ether oxygens (including phenoxy) is 1. The Hall–Kier alpha value is -3.78. The number of rotatable bonds is 6. The molecular formula is C30H42FN5O2. The molecule has 1 aliphatic heterocycles. The zero-order chi connectivity index (χ0) is 27.4. The molecule has 1 amide bonds. The molecule has 2 aromatic carbocycles. The van der Waals surface area contributed by atoms with E-state index in [9.17, 15) is 4.79 Å². The Labute approximate surface area is 226 Å². The number of pyridine rings is 1. The molecule has 38 heavy (non-hydrogen) atoms. The smallest absolute Gasteiger partial charge is 0.248 e. The molecule has 0 saturated carbocycles. The summed E-state index contributed by atoms with van der Waals surface area (Å²) in [6, 6.07) is 14.5. The number of carbonyl (C=O) groups is 1. The van der Waals surface area contributed by atoms with E-state index in [1.165, 1.54) is 32.1 Å². The van der Waals surface area contributed by atoms with Crippen molar-refractivity contribution in [3.8, 4) is 22.8 Å². The third kappa shape index (κ3) is 9.27. The SMILES string of the molecule is CC.CNc1cc(Oc2ccnc(-c3ccc(C(N)=O)c(C)c3)c2)ccc1C=N.C[C@H]1CCCN(C)C1.F. The number of amides is 1. The predicted molar refractivity (Wildman–Crippen MR) is 157 cm³/mol. The summed E-state index contributed by atoms with van der Waals surface area (Å²) >= 11 is 0. The molecular weight excluding hydrogens is 481 g/mol. The minimum atomic E-state index is -0.446. The largest absolute Gasteiger partial charge is 0.457 e. The number of likely N-dealkylation sites (tertiary alicyclic amines) is 1. The van der Waals surface area contributed by atoms with Crippen molar-refractivity contribution in [1.29, 1.82) is 5.41 Å². The molecule has 1 atom stereocenters. The normalized spacial score (nSPS) is 14.4. The number of aryl methyl sites for hydroxylation is 1. The van der Waals surface area contributed by atoms with E-state index in [4.69, 9.17) is 15.9 Å². The van der Waals surface area contributed by atoms with Crippen LogP contribution in [0.5, 0.6) is 11.5 Å². The molecule has 4 N–H and O–H groups in total. The first kappa shape index (κ1) is 32.2.